The topological polar surface area (TPSA) is 205 Å². The van der Waals surface area contributed by atoms with Gasteiger partial charge in [-0.25, -0.2) is 12.7 Å². The number of piperazine rings is 2. The van der Waals surface area contributed by atoms with Gasteiger partial charge in [0.05, 0.1) is 21.4 Å². The zero-order valence-corrected chi connectivity index (χ0v) is 48.5. The lowest BCUT2D eigenvalue weighted by atomic mass is 9.68. The SMILES string of the molecule is C.CC(=O)CCS[C@H]1C(=O)N2[C@H]3N(S(=O)(=O)c4ccccc4)c4ccccc4[C@@]3(C3=CCc4ccccc43)[C@H](O)[C@]2(SCCC(C)=O)C(=O)N1C.CN1C(=O)[C@]23SS[C@H]1C(=O)N2[C@H]1Nc2ccccc2[C@@]1(C1=CCc2ccccc21)[C@@H]3O. The number of nitrogens with zero attached hydrogens (tertiary/aromatic N) is 5. The van der Waals surface area contributed by atoms with E-state index in [1.807, 2.05) is 66.7 Å². The summed E-state index contributed by atoms with van der Waals surface area (Å²) in [7, 11) is 1.45. The fourth-order valence-corrected chi connectivity index (χ4v) is 22.2. The maximum Gasteiger partial charge on any atom is 0.266 e. The summed E-state index contributed by atoms with van der Waals surface area (Å²) in [6, 6.07) is 38.7. The highest BCUT2D eigenvalue weighted by Crippen LogP contribution is 2.70. The van der Waals surface area contributed by atoms with Crippen LogP contribution in [-0.2, 0) is 62.5 Å². The van der Waals surface area contributed by atoms with Crippen molar-refractivity contribution >= 4 is 113 Å². The Morgan fingerprint density at radius 3 is 1.90 bits per heavy atom. The van der Waals surface area contributed by atoms with Crippen molar-refractivity contribution in [1.82, 2.24) is 19.6 Å². The molecule has 0 saturated carbocycles. The number of hydrogen-bond acceptors (Lipinski definition) is 15. The standard InChI is InChI=1S/C37H37N3O7S3.C23H19N3O3S2.CH4/c1-23(41)19-21-48-32-31(43)39-34-36(28-18-17-25-11-7-8-14-27(25)28,33(44)37(39,35(45)38(32)3)49-22-20-24(2)42)29-15-9-10-16-30(29)40(34)50(46,47)26-12-5-4-6-13-26;1-25-18-17(27)26-20-22(15-8-4-5-9-16(15)24-20,19(28)23(26,21(25)29)31-30-18)14-11-10-12-6-2-3-7-13(12)14;/h4-16,18,32-34,44H,17,19-22H2,1-3H3;2-9,11,18-20,24,28H,10H2,1H3;1H4/t32-,33-,34-,36-,37-;18-,19-,20+,22-,23-;/m00./s1. The maximum atomic E-state index is 15.2. The van der Waals surface area contributed by atoms with Crippen molar-refractivity contribution in [2.45, 2.75) is 108 Å². The molecular formula is C61H60N6O10S5. The van der Waals surface area contributed by atoms with Gasteiger partial charge in [-0.15, -0.1) is 23.5 Å². The number of likely N-dealkylation sites (N-methyl/N-ethyl adjacent to an activating group) is 2. The molecule has 0 radical (unpaired) electrons. The lowest BCUT2D eigenvalue weighted by Gasteiger charge is -2.53. The molecule has 10 aliphatic rings. The molecule has 0 aromatic heterocycles. The number of anilines is 2. The predicted molar refractivity (Wildman–Crippen MR) is 322 cm³/mol. The molecule has 4 amide bonds. The summed E-state index contributed by atoms with van der Waals surface area (Å²) in [6.45, 7) is 2.89. The Labute approximate surface area is 492 Å². The maximum absolute atomic E-state index is 15.2. The molecule has 8 aliphatic heterocycles. The van der Waals surface area contributed by atoms with E-state index in [-0.39, 0.29) is 60.1 Å². The van der Waals surface area contributed by atoms with E-state index in [2.05, 4.69) is 23.5 Å². The molecule has 3 N–H and O–H groups in total. The second-order valence-electron chi connectivity index (χ2n) is 21.7. The number of rotatable bonds is 12. The van der Waals surface area contributed by atoms with Crippen molar-refractivity contribution in [1.29, 1.82) is 0 Å². The molecule has 2 bridgehead atoms. The van der Waals surface area contributed by atoms with Crippen LogP contribution < -0.4 is 9.62 Å². The fourth-order valence-electron chi connectivity index (χ4n) is 14.2. The average Bonchev–Trinajstić information content (AvgIpc) is 1.93. The quantitative estimate of drug-likeness (QED) is 0.105. The summed E-state index contributed by atoms with van der Waals surface area (Å²) in [6.07, 6.45) is 0.995. The van der Waals surface area contributed by atoms with Crippen LogP contribution in [0.15, 0.2) is 144 Å². The number of allylic oxidation sites excluding steroid dienone is 2. The number of benzene rings is 5. The summed E-state index contributed by atoms with van der Waals surface area (Å²) in [5.74, 6) is -1.30. The van der Waals surface area contributed by atoms with E-state index in [9.17, 15) is 29.4 Å². The van der Waals surface area contributed by atoms with Gasteiger partial charge in [-0.05, 0) is 106 Å². The Balaban J connectivity index is 0.000000177. The first-order chi connectivity index (χ1) is 38.9. The molecule has 6 saturated heterocycles. The second kappa shape index (κ2) is 20.2. The van der Waals surface area contributed by atoms with Crippen molar-refractivity contribution < 1.29 is 47.4 Å². The number of sulfonamides is 1. The average molecular weight is 1200 g/mol. The lowest BCUT2D eigenvalue weighted by Crippen LogP contribution is -2.73. The molecule has 15 rings (SSSR count). The van der Waals surface area contributed by atoms with Gasteiger partial charge in [-0.2, -0.15) is 0 Å². The van der Waals surface area contributed by atoms with Gasteiger partial charge in [0.15, 0.2) is 15.6 Å². The number of amides is 4. The summed E-state index contributed by atoms with van der Waals surface area (Å²) in [5, 5.41) is 27.3. The van der Waals surface area contributed by atoms with E-state index in [1.165, 1.54) is 79.2 Å². The van der Waals surface area contributed by atoms with Gasteiger partial charge >= 0.3 is 0 Å². The first-order valence-electron chi connectivity index (χ1n) is 26.7. The van der Waals surface area contributed by atoms with Crippen LogP contribution >= 0.6 is 45.1 Å². The molecule has 10 atom stereocenters. The fraction of sp³-hybridized carbons (Fsp3) is 0.344. The van der Waals surface area contributed by atoms with Crippen molar-refractivity contribution in [3.05, 3.63) is 173 Å². The minimum atomic E-state index is -4.42. The normalized spacial score (nSPS) is 30.2. The van der Waals surface area contributed by atoms with E-state index in [0.717, 1.165) is 63.5 Å². The monoisotopic (exact) mass is 1200 g/mol. The largest absolute Gasteiger partial charge is 0.388 e. The third-order valence-corrected chi connectivity index (χ3v) is 25.4. The zero-order chi connectivity index (χ0) is 56.7. The van der Waals surface area contributed by atoms with Gasteiger partial charge in [0.25, 0.3) is 33.7 Å². The summed E-state index contributed by atoms with van der Waals surface area (Å²) >= 11 is 2.14. The van der Waals surface area contributed by atoms with Gasteiger partial charge < -0.3 is 25.3 Å². The first kappa shape index (κ1) is 56.2. The summed E-state index contributed by atoms with van der Waals surface area (Å²) in [5.41, 5.74) is 5.77. The molecule has 6 fully saturated rings. The predicted octanol–water partition coefficient (Wildman–Crippen LogP) is 7.27. The molecule has 8 heterocycles. The molecule has 5 aromatic rings. The Kier molecular flexibility index (Phi) is 13.8. The van der Waals surface area contributed by atoms with E-state index in [4.69, 9.17) is 0 Å². The van der Waals surface area contributed by atoms with Gasteiger partial charge in [-0.3, -0.25) is 38.6 Å². The Bertz CT molecular complexity index is 3750. The molecule has 16 nitrogen and oxygen atoms in total. The summed E-state index contributed by atoms with van der Waals surface area (Å²) < 4.78 is 31.2. The van der Waals surface area contributed by atoms with E-state index < -0.39 is 77.7 Å². The van der Waals surface area contributed by atoms with Crippen molar-refractivity contribution in [3.63, 3.8) is 0 Å². The first-order valence-corrected chi connectivity index (χ1v) is 32.4. The van der Waals surface area contributed by atoms with Crippen LogP contribution in [-0.4, -0.2) is 144 Å². The number of fused-ring (bicyclic) bond motifs is 12. The molecular weight excluding hydrogens is 1140 g/mol. The number of para-hydroxylation sites is 2. The van der Waals surface area contributed by atoms with Crippen LogP contribution in [0.25, 0.3) is 11.1 Å². The molecule has 424 valence electrons. The number of Topliss-reactive ketones (excluding diaryl/α,β-unsaturated/α-hetero) is 2. The highest BCUT2D eigenvalue weighted by atomic mass is 33.1. The van der Waals surface area contributed by atoms with Crippen molar-refractivity contribution in [2.75, 3.05) is 35.2 Å². The Hall–Kier alpha value is -6.33. The van der Waals surface area contributed by atoms with E-state index >= 15 is 18.0 Å². The third kappa shape index (κ3) is 7.31. The van der Waals surface area contributed by atoms with Crippen LogP contribution in [0.4, 0.5) is 11.4 Å². The summed E-state index contributed by atoms with van der Waals surface area (Å²) in [4.78, 5) is 83.9. The van der Waals surface area contributed by atoms with E-state index in [0.29, 0.717) is 23.2 Å². The minimum Gasteiger partial charge on any atom is -0.388 e. The number of aliphatic hydroxyl groups is 2. The van der Waals surface area contributed by atoms with Crippen LogP contribution in [0.5, 0.6) is 0 Å². The molecule has 5 aromatic carbocycles. The number of aliphatic hydroxyl groups excluding tert-OH is 2. The number of hydrogen-bond donors (Lipinski definition) is 3. The van der Waals surface area contributed by atoms with Crippen LogP contribution in [0.3, 0.4) is 0 Å². The molecule has 0 unspecified atom stereocenters. The molecule has 21 heteroatoms. The van der Waals surface area contributed by atoms with Crippen LogP contribution in [0.2, 0.25) is 0 Å². The zero-order valence-electron chi connectivity index (χ0n) is 44.4. The number of carbonyl (C=O) groups excluding carboxylic acids is 6. The molecule has 2 aliphatic carbocycles. The molecule has 1 spiro atoms. The number of thioether (sulfide) groups is 2. The number of nitrogens with one attached hydrogen (secondary N) is 1. The van der Waals surface area contributed by atoms with Gasteiger partial charge in [0.1, 0.15) is 36.1 Å². The highest BCUT2D eigenvalue weighted by Gasteiger charge is 2.82. The minimum absolute atomic E-state index is 0. The second-order valence-corrected chi connectivity index (χ2v) is 28.6. The van der Waals surface area contributed by atoms with Crippen molar-refractivity contribution in [2.24, 2.45) is 0 Å². The Morgan fingerprint density at radius 2 is 1.24 bits per heavy atom. The van der Waals surface area contributed by atoms with Crippen LogP contribution in [0, 0.1) is 0 Å². The Morgan fingerprint density at radius 1 is 0.671 bits per heavy atom. The van der Waals surface area contributed by atoms with Gasteiger partial charge in [0, 0.05) is 44.1 Å². The molecule has 82 heavy (non-hydrogen) atoms. The van der Waals surface area contributed by atoms with Gasteiger partial charge in [0.2, 0.25) is 4.87 Å². The van der Waals surface area contributed by atoms with Crippen molar-refractivity contribution in [3.8, 4) is 0 Å². The third-order valence-electron chi connectivity index (χ3n) is 17.6. The highest BCUT2D eigenvalue weighted by molar-refractivity contribution is 8.78. The number of carbonyl (C=O) groups is 6. The lowest BCUT2D eigenvalue weighted by molar-refractivity contribution is -0.160. The number of ketones is 2. The smallest absolute Gasteiger partial charge is 0.266 e. The van der Waals surface area contributed by atoms with E-state index in [1.54, 1.807) is 54.4 Å². The van der Waals surface area contributed by atoms with Crippen LogP contribution in [0.1, 0.15) is 67.5 Å². The van der Waals surface area contributed by atoms with Gasteiger partial charge in [-0.1, -0.05) is 134 Å².